The lowest BCUT2D eigenvalue weighted by Crippen LogP contribution is -2.51. The van der Waals surface area contributed by atoms with E-state index in [0.29, 0.717) is 22.8 Å². The van der Waals surface area contributed by atoms with Gasteiger partial charge >= 0.3 is 0 Å². The Kier molecular flexibility index (Phi) is 10.2. The molecule has 3 rings (SSSR count). The fourth-order valence-corrected chi connectivity index (χ4v) is 5.75. The number of hydrogen-bond acceptors (Lipinski definition) is 4. The molecule has 0 radical (unpaired) electrons. The van der Waals surface area contributed by atoms with Crippen molar-refractivity contribution in [2.75, 3.05) is 17.4 Å². The molecule has 0 aliphatic heterocycles. The maximum atomic E-state index is 14.0. The number of rotatable bonds is 11. The maximum absolute atomic E-state index is 14.0. The standard InChI is InChI=1S/C30H36ClN3O4S/c1-21(2)18-32-30(36)24(5)33(19-25-10-8-11-26(31)17-25)29(35)20-34(28-12-7-6-9-23(28)4)39(37,38)27-15-13-22(3)14-16-27/h6-17,21,24H,18-20H2,1-5H3,(H,32,36). The van der Waals surface area contributed by atoms with E-state index in [1.165, 1.54) is 17.0 Å². The summed E-state index contributed by atoms with van der Waals surface area (Å²) in [5.74, 6) is -0.599. The van der Waals surface area contributed by atoms with E-state index in [4.69, 9.17) is 11.6 Å². The molecule has 0 aromatic heterocycles. The minimum Gasteiger partial charge on any atom is -0.354 e. The molecule has 39 heavy (non-hydrogen) atoms. The molecule has 1 N–H and O–H groups in total. The Hall–Kier alpha value is -3.36. The molecule has 9 heteroatoms. The number of carbonyl (C=O) groups excluding carboxylic acids is 2. The van der Waals surface area contributed by atoms with Crippen LogP contribution < -0.4 is 9.62 Å². The molecule has 0 fully saturated rings. The van der Waals surface area contributed by atoms with Crippen LogP contribution >= 0.6 is 11.6 Å². The SMILES string of the molecule is Cc1ccc(S(=O)(=O)N(CC(=O)N(Cc2cccc(Cl)c2)C(C)C(=O)NCC(C)C)c2ccccc2C)cc1. The zero-order chi connectivity index (χ0) is 28.7. The molecule has 2 amide bonds. The van der Waals surface area contributed by atoms with E-state index in [2.05, 4.69) is 5.32 Å². The highest BCUT2D eigenvalue weighted by molar-refractivity contribution is 7.92. The number of benzene rings is 3. The number of sulfonamides is 1. The molecule has 3 aromatic rings. The minimum atomic E-state index is -4.10. The summed E-state index contributed by atoms with van der Waals surface area (Å²) in [5, 5.41) is 3.38. The fourth-order valence-electron chi connectivity index (χ4n) is 4.06. The highest BCUT2D eigenvalue weighted by atomic mass is 35.5. The lowest BCUT2D eigenvalue weighted by molar-refractivity contribution is -0.139. The summed E-state index contributed by atoms with van der Waals surface area (Å²) < 4.78 is 28.9. The Balaban J connectivity index is 2.02. The number of nitrogens with one attached hydrogen (secondary N) is 1. The van der Waals surface area contributed by atoms with Gasteiger partial charge in [0.1, 0.15) is 12.6 Å². The lowest BCUT2D eigenvalue weighted by atomic mass is 10.1. The number of carbonyl (C=O) groups is 2. The van der Waals surface area contributed by atoms with Crippen molar-refractivity contribution in [2.24, 2.45) is 5.92 Å². The Morgan fingerprint density at radius 2 is 1.59 bits per heavy atom. The number of nitrogens with zero attached hydrogens (tertiary/aromatic N) is 2. The van der Waals surface area contributed by atoms with Gasteiger partial charge in [-0.3, -0.25) is 13.9 Å². The van der Waals surface area contributed by atoms with Gasteiger partial charge in [0.2, 0.25) is 11.8 Å². The summed E-state index contributed by atoms with van der Waals surface area (Å²) in [7, 11) is -4.10. The van der Waals surface area contributed by atoms with Gasteiger partial charge in [0.25, 0.3) is 10.0 Å². The highest BCUT2D eigenvalue weighted by Crippen LogP contribution is 2.27. The van der Waals surface area contributed by atoms with Crippen LogP contribution in [-0.4, -0.2) is 44.3 Å². The fraction of sp³-hybridized carbons (Fsp3) is 0.333. The van der Waals surface area contributed by atoms with E-state index in [-0.39, 0.29) is 23.3 Å². The average molecular weight is 570 g/mol. The zero-order valence-corrected chi connectivity index (χ0v) is 24.6. The van der Waals surface area contributed by atoms with Crippen molar-refractivity contribution < 1.29 is 18.0 Å². The van der Waals surface area contributed by atoms with Crippen LogP contribution in [-0.2, 0) is 26.2 Å². The van der Waals surface area contributed by atoms with Gasteiger partial charge in [-0.05, 0) is 68.1 Å². The Morgan fingerprint density at radius 3 is 2.21 bits per heavy atom. The molecule has 0 spiro atoms. The van der Waals surface area contributed by atoms with Crippen molar-refractivity contribution in [1.82, 2.24) is 10.2 Å². The zero-order valence-electron chi connectivity index (χ0n) is 23.0. The van der Waals surface area contributed by atoms with Gasteiger partial charge in [0.05, 0.1) is 10.6 Å². The molecule has 0 saturated heterocycles. The maximum Gasteiger partial charge on any atom is 0.264 e. The van der Waals surface area contributed by atoms with E-state index in [0.717, 1.165) is 15.4 Å². The first kappa shape index (κ1) is 30.2. The summed E-state index contributed by atoms with van der Waals surface area (Å²) in [6.45, 7) is 9.34. The molecule has 0 saturated carbocycles. The summed E-state index contributed by atoms with van der Waals surface area (Å²) >= 11 is 6.18. The van der Waals surface area contributed by atoms with Crippen LogP contribution in [0, 0.1) is 19.8 Å². The molecule has 1 atom stereocenters. The first-order chi connectivity index (χ1) is 18.4. The largest absolute Gasteiger partial charge is 0.354 e. The first-order valence-electron chi connectivity index (χ1n) is 12.9. The van der Waals surface area contributed by atoms with Gasteiger partial charge in [-0.25, -0.2) is 8.42 Å². The predicted molar refractivity (Wildman–Crippen MR) is 156 cm³/mol. The van der Waals surface area contributed by atoms with Crippen LogP contribution in [0.1, 0.15) is 37.5 Å². The van der Waals surface area contributed by atoms with Gasteiger partial charge < -0.3 is 10.2 Å². The third-order valence-corrected chi connectivity index (χ3v) is 8.37. The van der Waals surface area contributed by atoms with Crippen molar-refractivity contribution in [3.05, 3.63) is 94.5 Å². The third-order valence-electron chi connectivity index (χ3n) is 6.37. The van der Waals surface area contributed by atoms with Crippen molar-refractivity contribution in [3.63, 3.8) is 0 Å². The predicted octanol–water partition coefficient (Wildman–Crippen LogP) is 5.34. The number of hydrogen-bond donors (Lipinski definition) is 1. The summed E-state index contributed by atoms with van der Waals surface area (Å²) in [6, 6.07) is 19.7. The van der Waals surface area contributed by atoms with Crippen molar-refractivity contribution >= 4 is 39.1 Å². The molecule has 208 valence electrons. The Morgan fingerprint density at radius 1 is 0.923 bits per heavy atom. The van der Waals surface area contributed by atoms with Crippen molar-refractivity contribution in [3.8, 4) is 0 Å². The molecule has 0 bridgehead atoms. The molecular formula is C30H36ClN3O4S. The van der Waals surface area contributed by atoms with Crippen LogP contribution in [0.4, 0.5) is 5.69 Å². The normalized spacial score (nSPS) is 12.2. The number of para-hydroxylation sites is 1. The van der Waals surface area contributed by atoms with Gasteiger partial charge in [-0.15, -0.1) is 0 Å². The minimum absolute atomic E-state index is 0.0771. The molecule has 1 unspecified atom stereocenters. The van der Waals surface area contributed by atoms with Crippen LogP contribution in [0.5, 0.6) is 0 Å². The third kappa shape index (κ3) is 7.83. The average Bonchev–Trinajstić information content (AvgIpc) is 2.89. The van der Waals surface area contributed by atoms with E-state index in [9.17, 15) is 18.0 Å². The Bertz CT molecular complexity index is 1410. The monoisotopic (exact) mass is 569 g/mol. The van der Waals surface area contributed by atoms with Crippen LogP contribution in [0.3, 0.4) is 0 Å². The summed E-state index contributed by atoms with van der Waals surface area (Å²) in [4.78, 5) is 28.5. The van der Waals surface area contributed by atoms with Gasteiger partial charge in [-0.2, -0.15) is 0 Å². The second kappa shape index (κ2) is 13.1. The molecule has 0 aliphatic carbocycles. The van der Waals surface area contributed by atoms with E-state index in [1.807, 2.05) is 32.9 Å². The topological polar surface area (TPSA) is 86.8 Å². The molecule has 0 heterocycles. The summed E-state index contributed by atoms with van der Waals surface area (Å²) in [6.07, 6.45) is 0. The van der Waals surface area contributed by atoms with Crippen LogP contribution in [0.15, 0.2) is 77.7 Å². The molecule has 7 nitrogen and oxygen atoms in total. The second-order valence-corrected chi connectivity index (χ2v) is 12.4. The van der Waals surface area contributed by atoms with Gasteiger partial charge in [0.15, 0.2) is 0 Å². The van der Waals surface area contributed by atoms with Gasteiger partial charge in [0, 0.05) is 18.1 Å². The summed E-state index contributed by atoms with van der Waals surface area (Å²) in [5.41, 5.74) is 2.74. The highest BCUT2D eigenvalue weighted by Gasteiger charge is 2.33. The Labute approximate surface area is 236 Å². The quantitative estimate of drug-likeness (QED) is 0.338. The van der Waals surface area contributed by atoms with E-state index < -0.39 is 28.5 Å². The molecular weight excluding hydrogens is 534 g/mol. The number of halogens is 1. The molecule has 3 aromatic carbocycles. The number of aryl methyl sites for hydroxylation is 2. The smallest absolute Gasteiger partial charge is 0.264 e. The number of anilines is 1. The van der Waals surface area contributed by atoms with E-state index >= 15 is 0 Å². The number of amides is 2. The van der Waals surface area contributed by atoms with Crippen molar-refractivity contribution in [1.29, 1.82) is 0 Å². The molecule has 0 aliphatic rings. The second-order valence-electron chi connectivity index (χ2n) is 10.1. The van der Waals surface area contributed by atoms with Crippen molar-refractivity contribution in [2.45, 2.75) is 52.1 Å². The van der Waals surface area contributed by atoms with Crippen LogP contribution in [0.25, 0.3) is 0 Å². The first-order valence-corrected chi connectivity index (χ1v) is 14.7. The lowest BCUT2D eigenvalue weighted by Gasteiger charge is -2.32. The van der Waals surface area contributed by atoms with Crippen LogP contribution in [0.2, 0.25) is 5.02 Å². The van der Waals surface area contributed by atoms with Gasteiger partial charge in [-0.1, -0.05) is 73.5 Å². The van der Waals surface area contributed by atoms with E-state index in [1.54, 1.807) is 62.4 Å².